The second kappa shape index (κ2) is 12.9. The number of halogens is 2. The molecule has 1 aliphatic heterocycles. The van der Waals surface area contributed by atoms with Crippen LogP contribution in [0.4, 0.5) is 0 Å². The van der Waals surface area contributed by atoms with E-state index in [0.29, 0.717) is 0 Å². The summed E-state index contributed by atoms with van der Waals surface area (Å²) in [5.74, 6) is -0.450. The summed E-state index contributed by atoms with van der Waals surface area (Å²) in [7, 11) is 0. The Labute approximate surface area is 174 Å². The Balaban J connectivity index is 0.00000338. The van der Waals surface area contributed by atoms with Crippen LogP contribution in [-0.4, -0.2) is 48.9 Å². The van der Waals surface area contributed by atoms with Crippen molar-refractivity contribution in [2.45, 2.75) is 38.8 Å². The number of hydrogen-bond donors (Lipinski definition) is 3. The molecule has 1 aliphatic rings. The smallest absolute Gasteiger partial charge is 0.239 e. The summed E-state index contributed by atoms with van der Waals surface area (Å²) in [6.45, 7) is 6.63. The summed E-state index contributed by atoms with van der Waals surface area (Å²) in [6.07, 6.45) is 2.41. The molecule has 154 valence electrons. The molecule has 0 aliphatic carbocycles. The standard InChI is InChI=1S/C19H30N4O2.2ClH/c1-14(2)18(20)19(25)21-12-17(24)22-16(13-23-10-6-7-11-23)15-8-4-3-5-9-15;;/h3-5,8-9,14,16,18H,6-7,10-13,20H2,1-2H3,(H,21,25)(H,22,24);2*1H/t16?,18-;;/m0../s1. The van der Waals surface area contributed by atoms with E-state index in [1.165, 1.54) is 12.8 Å². The molecule has 0 spiro atoms. The highest BCUT2D eigenvalue weighted by atomic mass is 35.5. The first-order valence-electron chi connectivity index (χ1n) is 9.07. The van der Waals surface area contributed by atoms with E-state index in [9.17, 15) is 9.59 Å². The van der Waals surface area contributed by atoms with Crippen molar-refractivity contribution in [1.82, 2.24) is 15.5 Å². The van der Waals surface area contributed by atoms with E-state index < -0.39 is 6.04 Å². The van der Waals surface area contributed by atoms with E-state index in [-0.39, 0.29) is 55.1 Å². The van der Waals surface area contributed by atoms with E-state index in [1.807, 2.05) is 44.2 Å². The Hall–Kier alpha value is -1.34. The predicted octanol–water partition coefficient (Wildman–Crippen LogP) is 1.88. The molecule has 6 nitrogen and oxygen atoms in total. The molecule has 8 heteroatoms. The largest absolute Gasteiger partial charge is 0.346 e. The quantitative estimate of drug-likeness (QED) is 0.601. The van der Waals surface area contributed by atoms with Gasteiger partial charge >= 0.3 is 0 Å². The summed E-state index contributed by atoms with van der Waals surface area (Å²) in [5, 5.41) is 5.67. The van der Waals surface area contributed by atoms with Gasteiger partial charge in [0, 0.05) is 6.54 Å². The zero-order valence-corrected chi connectivity index (χ0v) is 17.7. The minimum atomic E-state index is -0.595. The maximum absolute atomic E-state index is 12.3. The summed E-state index contributed by atoms with van der Waals surface area (Å²) < 4.78 is 0. The van der Waals surface area contributed by atoms with Crippen LogP contribution in [0.3, 0.4) is 0 Å². The third-order valence-corrected chi connectivity index (χ3v) is 4.62. The van der Waals surface area contributed by atoms with E-state index in [1.54, 1.807) is 0 Å². The predicted molar refractivity (Wildman–Crippen MR) is 113 cm³/mol. The Morgan fingerprint density at radius 1 is 1.11 bits per heavy atom. The second-order valence-electron chi connectivity index (χ2n) is 7.03. The van der Waals surface area contributed by atoms with Crippen molar-refractivity contribution in [3.8, 4) is 0 Å². The molecule has 0 saturated carbocycles. The van der Waals surface area contributed by atoms with Crippen LogP contribution in [0.2, 0.25) is 0 Å². The molecule has 0 aromatic heterocycles. The van der Waals surface area contributed by atoms with Crippen LogP contribution < -0.4 is 16.4 Å². The Morgan fingerprint density at radius 2 is 1.70 bits per heavy atom. The topological polar surface area (TPSA) is 87.5 Å². The first-order chi connectivity index (χ1) is 12.0. The van der Waals surface area contributed by atoms with Crippen molar-refractivity contribution < 1.29 is 9.59 Å². The van der Waals surface area contributed by atoms with Gasteiger partial charge in [-0.3, -0.25) is 9.59 Å². The number of benzene rings is 1. The van der Waals surface area contributed by atoms with Crippen LogP contribution >= 0.6 is 24.8 Å². The highest BCUT2D eigenvalue weighted by Gasteiger charge is 2.22. The van der Waals surface area contributed by atoms with Gasteiger partial charge < -0.3 is 21.3 Å². The monoisotopic (exact) mass is 418 g/mol. The lowest BCUT2D eigenvalue weighted by Crippen LogP contribution is -2.48. The number of nitrogens with zero attached hydrogens (tertiary/aromatic N) is 1. The molecule has 2 atom stereocenters. The lowest BCUT2D eigenvalue weighted by molar-refractivity contribution is -0.127. The van der Waals surface area contributed by atoms with Crippen molar-refractivity contribution in [1.29, 1.82) is 0 Å². The zero-order valence-electron chi connectivity index (χ0n) is 16.0. The minimum Gasteiger partial charge on any atom is -0.346 e. The van der Waals surface area contributed by atoms with Gasteiger partial charge in [-0.25, -0.2) is 0 Å². The van der Waals surface area contributed by atoms with Gasteiger partial charge in [0.2, 0.25) is 11.8 Å². The molecule has 1 fully saturated rings. The molecule has 1 aromatic rings. The van der Waals surface area contributed by atoms with Crippen molar-refractivity contribution in [2.75, 3.05) is 26.2 Å². The number of carbonyl (C=O) groups is 2. The van der Waals surface area contributed by atoms with Crippen LogP contribution in [0.5, 0.6) is 0 Å². The normalized spacial score (nSPS) is 16.0. The fraction of sp³-hybridized carbons (Fsp3) is 0.579. The molecule has 4 N–H and O–H groups in total. The van der Waals surface area contributed by atoms with Gasteiger partial charge in [0.25, 0.3) is 0 Å². The van der Waals surface area contributed by atoms with Crippen LogP contribution in [0.15, 0.2) is 30.3 Å². The van der Waals surface area contributed by atoms with Gasteiger partial charge in [-0.2, -0.15) is 0 Å². The Bertz CT molecular complexity index is 566. The summed E-state index contributed by atoms with van der Waals surface area (Å²) >= 11 is 0. The average molecular weight is 419 g/mol. The third-order valence-electron chi connectivity index (χ3n) is 4.62. The summed E-state index contributed by atoms with van der Waals surface area (Å²) in [5.41, 5.74) is 6.87. The van der Waals surface area contributed by atoms with E-state index >= 15 is 0 Å². The number of amides is 2. The van der Waals surface area contributed by atoms with Gasteiger partial charge in [-0.05, 0) is 37.4 Å². The lowest BCUT2D eigenvalue weighted by atomic mass is 10.1. The van der Waals surface area contributed by atoms with E-state index in [0.717, 1.165) is 25.2 Å². The maximum Gasteiger partial charge on any atom is 0.239 e. The molecule has 27 heavy (non-hydrogen) atoms. The van der Waals surface area contributed by atoms with Crippen LogP contribution in [0.25, 0.3) is 0 Å². The van der Waals surface area contributed by atoms with Gasteiger partial charge in [-0.15, -0.1) is 24.8 Å². The molecular weight excluding hydrogens is 387 g/mol. The fourth-order valence-electron chi connectivity index (χ4n) is 2.98. The molecule has 1 saturated heterocycles. The maximum atomic E-state index is 12.3. The number of carbonyl (C=O) groups excluding carboxylic acids is 2. The average Bonchev–Trinajstić information content (AvgIpc) is 3.12. The highest BCUT2D eigenvalue weighted by molar-refractivity contribution is 5.87. The third kappa shape index (κ3) is 8.47. The summed E-state index contributed by atoms with van der Waals surface area (Å²) in [6, 6.07) is 9.28. The molecular formula is C19H32Cl2N4O2. The van der Waals surface area contributed by atoms with Crippen molar-refractivity contribution in [3.63, 3.8) is 0 Å². The first-order valence-corrected chi connectivity index (χ1v) is 9.07. The molecule has 0 radical (unpaired) electrons. The number of nitrogens with one attached hydrogen (secondary N) is 2. The molecule has 1 heterocycles. The highest BCUT2D eigenvalue weighted by Crippen LogP contribution is 2.17. The molecule has 2 amide bonds. The molecule has 0 bridgehead atoms. The SMILES string of the molecule is CC(C)[C@H](N)C(=O)NCC(=O)NC(CN1CCCC1)c1ccccc1.Cl.Cl. The number of nitrogens with two attached hydrogens (primary N) is 1. The first kappa shape index (κ1) is 25.7. The molecule has 1 unspecified atom stereocenters. The summed E-state index contributed by atoms with van der Waals surface area (Å²) in [4.78, 5) is 26.6. The van der Waals surface area contributed by atoms with Crippen molar-refractivity contribution in [2.24, 2.45) is 11.7 Å². The second-order valence-corrected chi connectivity index (χ2v) is 7.03. The van der Waals surface area contributed by atoms with E-state index in [2.05, 4.69) is 15.5 Å². The van der Waals surface area contributed by atoms with Crippen LogP contribution in [0, 0.1) is 5.92 Å². The fourth-order valence-corrected chi connectivity index (χ4v) is 2.98. The molecule has 1 aromatic carbocycles. The van der Waals surface area contributed by atoms with Crippen molar-refractivity contribution in [3.05, 3.63) is 35.9 Å². The number of likely N-dealkylation sites (tertiary alicyclic amines) is 1. The van der Waals surface area contributed by atoms with E-state index in [4.69, 9.17) is 5.73 Å². The molecule has 2 rings (SSSR count). The van der Waals surface area contributed by atoms with Gasteiger partial charge in [0.15, 0.2) is 0 Å². The van der Waals surface area contributed by atoms with Crippen LogP contribution in [0.1, 0.15) is 38.3 Å². The number of hydrogen-bond acceptors (Lipinski definition) is 4. The van der Waals surface area contributed by atoms with Gasteiger partial charge in [0.1, 0.15) is 0 Å². The van der Waals surface area contributed by atoms with Crippen molar-refractivity contribution >= 4 is 36.6 Å². The Morgan fingerprint density at radius 3 is 2.26 bits per heavy atom. The van der Waals surface area contributed by atoms with Crippen LogP contribution in [-0.2, 0) is 9.59 Å². The van der Waals surface area contributed by atoms with Gasteiger partial charge in [0.05, 0.1) is 18.6 Å². The minimum absolute atomic E-state index is 0. The Kier molecular flexibility index (Phi) is 12.3. The number of rotatable bonds is 8. The lowest BCUT2D eigenvalue weighted by Gasteiger charge is -2.25. The van der Waals surface area contributed by atoms with Gasteiger partial charge in [-0.1, -0.05) is 44.2 Å². The zero-order chi connectivity index (χ0) is 18.2.